The average molecular weight is 361 g/mol. The van der Waals surface area contributed by atoms with Gasteiger partial charge >= 0.3 is 0 Å². The van der Waals surface area contributed by atoms with Gasteiger partial charge in [0.05, 0.1) is 13.2 Å². The molecule has 1 amide bonds. The van der Waals surface area contributed by atoms with Crippen LogP contribution in [-0.4, -0.2) is 26.1 Å². The Balaban J connectivity index is 0.00000225. The van der Waals surface area contributed by atoms with E-state index in [9.17, 15) is 4.79 Å². The number of carbonyl (C=O) groups is 1. The molecule has 2 aromatic rings. The first-order valence-electron chi connectivity index (χ1n) is 8.39. The summed E-state index contributed by atoms with van der Waals surface area (Å²) in [4.78, 5) is 12.8. The van der Waals surface area contributed by atoms with Crippen LogP contribution in [0.25, 0.3) is 0 Å². The molecule has 2 atom stereocenters. The highest BCUT2D eigenvalue weighted by Crippen LogP contribution is 2.30. The van der Waals surface area contributed by atoms with Crippen LogP contribution in [0.3, 0.4) is 0 Å². The normalized spacial score (nSPS) is 16.1. The predicted molar refractivity (Wildman–Crippen MR) is 102 cm³/mol. The molecule has 5 heteroatoms. The number of hydrogen-bond donors (Lipinski definition) is 2. The molecule has 2 unspecified atom stereocenters. The van der Waals surface area contributed by atoms with Crippen molar-refractivity contribution in [1.29, 1.82) is 0 Å². The first-order valence-corrected chi connectivity index (χ1v) is 8.39. The van der Waals surface area contributed by atoms with E-state index in [-0.39, 0.29) is 30.3 Å². The van der Waals surface area contributed by atoms with Gasteiger partial charge < -0.3 is 15.4 Å². The minimum absolute atomic E-state index is 0. The predicted octanol–water partition coefficient (Wildman–Crippen LogP) is 3.18. The third kappa shape index (κ3) is 4.33. The van der Waals surface area contributed by atoms with Crippen LogP contribution in [0, 0.1) is 11.8 Å². The Hall–Kier alpha value is -2.04. The van der Waals surface area contributed by atoms with E-state index in [0.29, 0.717) is 5.92 Å². The summed E-state index contributed by atoms with van der Waals surface area (Å²) >= 11 is 0. The highest BCUT2D eigenvalue weighted by Gasteiger charge is 2.30. The molecule has 0 radical (unpaired) electrons. The SMILES string of the molecule is COc1ccccc1C(NC(=O)C(C)C1CNC1)c1ccccc1.Cl. The minimum atomic E-state index is -0.217. The molecular weight excluding hydrogens is 336 g/mol. The highest BCUT2D eigenvalue weighted by molar-refractivity contribution is 5.85. The van der Waals surface area contributed by atoms with Crippen LogP contribution >= 0.6 is 12.4 Å². The fourth-order valence-corrected chi connectivity index (χ4v) is 3.04. The fraction of sp³-hybridized carbons (Fsp3) is 0.350. The summed E-state index contributed by atoms with van der Waals surface area (Å²) in [6.45, 7) is 3.84. The average Bonchev–Trinajstić information content (AvgIpc) is 2.58. The summed E-state index contributed by atoms with van der Waals surface area (Å²) in [6.07, 6.45) is 0. The molecule has 1 saturated heterocycles. The molecule has 1 fully saturated rings. The number of benzene rings is 2. The molecule has 134 valence electrons. The number of carbonyl (C=O) groups excluding carboxylic acids is 1. The topological polar surface area (TPSA) is 50.4 Å². The Morgan fingerprint density at radius 3 is 2.36 bits per heavy atom. The molecule has 1 heterocycles. The summed E-state index contributed by atoms with van der Waals surface area (Å²) in [7, 11) is 1.66. The molecule has 1 aliphatic rings. The van der Waals surface area contributed by atoms with Crippen LogP contribution in [-0.2, 0) is 4.79 Å². The largest absolute Gasteiger partial charge is 0.496 e. The van der Waals surface area contributed by atoms with E-state index in [1.54, 1.807) is 7.11 Å². The van der Waals surface area contributed by atoms with Crippen molar-refractivity contribution in [3.63, 3.8) is 0 Å². The number of rotatable bonds is 6. The number of methoxy groups -OCH3 is 1. The van der Waals surface area contributed by atoms with Gasteiger partial charge in [0.1, 0.15) is 5.75 Å². The van der Waals surface area contributed by atoms with Gasteiger partial charge in [0.15, 0.2) is 0 Å². The zero-order valence-electron chi connectivity index (χ0n) is 14.6. The Morgan fingerprint density at radius 2 is 1.76 bits per heavy atom. The van der Waals surface area contributed by atoms with Crippen molar-refractivity contribution in [2.75, 3.05) is 20.2 Å². The van der Waals surface area contributed by atoms with Crippen LogP contribution in [0.4, 0.5) is 0 Å². The van der Waals surface area contributed by atoms with Crippen LogP contribution in [0.1, 0.15) is 24.1 Å². The Labute approximate surface area is 155 Å². The summed E-state index contributed by atoms with van der Waals surface area (Å²) in [5.74, 6) is 1.28. The third-order valence-corrected chi connectivity index (χ3v) is 4.80. The Kier molecular flexibility index (Phi) is 6.85. The lowest BCUT2D eigenvalue weighted by Gasteiger charge is -2.33. The molecule has 0 spiro atoms. The molecule has 25 heavy (non-hydrogen) atoms. The van der Waals surface area contributed by atoms with Gasteiger partial charge in [-0.2, -0.15) is 0 Å². The van der Waals surface area contributed by atoms with Crippen molar-refractivity contribution in [2.24, 2.45) is 11.8 Å². The molecule has 0 saturated carbocycles. The number of ether oxygens (including phenoxy) is 1. The van der Waals surface area contributed by atoms with E-state index in [4.69, 9.17) is 4.74 Å². The van der Waals surface area contributed by atoms with E-state index >= 15 is 0 Å². The molecule has 4 nitrogen and oxygen atoms in total. The van der Waals surface area contributed by atoms with E-state index in [1.807, 2.05) is 61.5 Å². The van der Waals surface area contributed by atoms with Gasteiger partial charge in [-0.25, -0.2) is 0 Å². The maximum atomic E-state index is 12.8. The molecule has 3 rings (SSSR count). The third-order valence-electron chi connectivity index (χ3n) is 4.80. The van der Waals surface area contributed by atoms with E-state index in [2.05, 4.69) is 10.6 Å². The fourth-order valence-electron chi connectivity index (χ4n) is 3.04. The summed E-state index contributed by atoms with van der Waals surface area (Å²) in [5, 5.41) is 6.46. The van der Waals surface area contributed by atoms with E-state index in [0.717, 1.165) is 30.0 Å². The molecule has 0 aliphatic carbocycles. The molecule has 0 aromatic heterocycles. The van der Waals surface area contributed by atoms with Crippen LogP contribution in [0.2, 0.25) is 0 Å². The molecule has 1 aliphatic heterocycles. The standard InChI is InChI=1S/C20H24N2O2.ClH/c1-14(16-12-21-13-16)20(23)22-19(15-8-4-3-5-9-15)17-10-6-7-11-18(17)24-2;/h3-11,14,16,19,21H,12-13H2,1-2H3,(H,22,23);1H. The van der Waals surface area contributed by atoms with Crippen LogP contribution < -0.4 is 15.4 Å². The first kappa shape index (κ1) is 19.3. The zero-order chi connectivity index (χ0) is 16.9. The van der Waals surface area contributed by atoms with Gasteiger partial charge in [0, 0.05) is 11.5 Å². The number of hydrogen-bond acceptors (Lipinski definition) is 3. The number of halogens is 1. The van der Waals surface area contributed by atoms with Gasteiger partial charge in [0.25, 0.3) is 0 Å². The smallest absolute Gasteiger partial charge is 0.223 e. The molecule has 2 N–H and O–H groups in total. The van der Waals surface area contributed by atoms with Crippen molar-refractivity contribution in [3.05, 3.63) is 65.7 Å². The molecule has 2 aromatic carbocycles. The number of nitrogens with one attached hydrogen (secondary N) is 2. The molecular formula is C20H25ClN2O2. The number of para-hydroxylation sites is 1. The van der Waals surface area contributed by atoms with Crippen LogP contribution in [0.5, 0.6) is 5.75 Å². The highest BCUT2D eigenvalue weighted by atomic mass is 35.5. The van der Waals surface area contributed by atoms with E-state index < -0.39 is 0 Å². The summed E-state index contributed by atoms with van der Waals surface area (Å²) in [6, 6.07) is 17.7. The second-order valence-corrected chi connectivity index (χ2v) is 6.30. The van der Waals surface area contributed by atoms with Gasteiger partial charge in [-0.15, -0.1) is 12.4 Å². The van der Waals surface area contributed by atoms with Crippen molar-refractivity contribution in [1.82, 2.24) is 10.6 Å². The van der Waals surface area contributed by atoms with Crippen molar-refractivity contribution < 1.29 is 9.53 Å². The maximum Gasteiger partial charge on any atom is 0.223 e. The van der Waals surface area contributed by atoms with Crippen LogP contribution in [0.15, 0.2) is 54.6 Å². The second-order valence-electron chi connectivity index (χ2n) is 6.30. The van der Waals surface area contributed by atoms with Crippen molar-refractivity contribution >= 4 is 18.3 Å². The molecule has 0 bridgehead atoms. The number of amides is 1. The van der Waals surface area contributed by atoms with Gasteiger partial charge in [-0.3, -0.25) is 4.79 Å². The summed E-state index contributed by atoms with van der Waals surface area (Å²) in [5.41, 5.74) is 2.02. The Bertz CT molecular complexity index is 689. The van der Waals surface area contributed by atoms with Crippen molar-refractivity contribution in [3.8, 4) is 5.75 Å². The maximum absolute atomic E-state index is 12.8. The lowest BCUT2D eigenvalue weighted by molar-refractivity contribution is -0.127. The lowest BCUT2D eigenvalue weighted by Crippen LogP contribution is -2.50. The van der Waals surface area contributed by atoms with Gasteiger partial charge in [-0.05, 0) is 30.6 Å². The quantitative estimate of drug-likeness (QED) is 0.831. The van der Waals surface area contributed by atoms with Crippen molar-refractivity contribution in [2.45, 2.75) is 13.0 Å². The minimum Gasteiger partial charge on any atom is -0.496 e. The monoisotopic (exact) mass is 360 g/mol. The first-order chi connectivity index (χ1) is 11.7. The van der Waals surface area contributed by atoms with Gasteiger partial charge in [0.2, 0.25) is 5.91 Å². The van der Waals surface area contributed by atoms with Gasteiger partial charge in [-0.1, -0.05) is 55.5 Å². The second kappa shape index (κ2) is 8.88. The Morgan fingerprint density at radius 1 is 1.12 bits per heavy atom. The zero-order valence-corrected chi connectivity index (χ0v) is 15.4. The summed E-state index contributed by atoms with van der Waals surface area (Å²) < 4.78 is 5.51. The lowest BCUT2D eigenvalue weighted by atomic mass is 9.87. The van der Waals surface area contributed by atoms with E-state index in [1.165, 1.54) is 0 Å².